The lowest BCUT2D eigenvalue weighted by Crippen LogP contribution is -2.41. The van der Waals surface area contributed by atoms with Crippen LogP contribution in [0.4, 0.5) is 11.4 Å². The first kappa shape index (κ1) is 16.8. The van der Waals surface area contributed by atoms with E-state index in [0.717, 1.165) is 11.3 Å². The fourth-order valence-corrected chi connectivity index (χ4v) is 2.72. The van der Waals surface area contributed by atoms with Gasteiger partial charge in [-0.2, -0.15) is 0 Å². The van der Waals surface area contributed by atoms with Crippen LogP contribution in [0.25, 0.3) is 0 Å². The number of anilines is 2. The van der Waals surface area contributed by atoms with Gasteiger partial charge in [0.2, 0.25) is 11.8 Å². The predicted octanol–water partition coefficient (Wildman–Crippen LogP) is 1.95. The first-order chi connectivity index (χ1) is 12.0. The van der Waals surface area contributed by atoms with Crippen LogP contribution >= 0.6 is 0 Å². The maximum atomic E-state index is 12.3. The van der Waals surface area contributed by atoms with E-state index in [2.05, 4.69) is 10.6 Å². The highest BCUT2D eigenvalue weighted by molar-refractivity contribution is 6.01. The minimum absolute atomic E-state index is 0.0832. The Kier molecular flexibility index (Phi) is 4.56. The van der Waals surface area contributed by atoms with Crippen LogP contribution in [0.1, 0.15) is 29.3 Å². The van der Waals surface area contributed by atoms with Crippen molar-refractivity contribution in [2.24, 2.45) is 0 Å². The highest BCUT2D eigenvalue weighted by atomic mass is 16.3. The fraction of sp³-hybridized carbons (Fsp3) is 0.278. The molecule has 7 heteroatoms. The smallest absolute Gasteiger partial charge is 0.255 e. The summed E-state index contributed by atoms with van der Waals surface area (Å²) in [5.74, 6) is -0.612. The molecule has 25 heavy (non-hydrogen) atoms. The summed E-state index contributed by atoms with van der Waals surface area (Å²) in [6.07, 6.45) is 3.82. The zero-order chi connectivity index (χ0) is 18.0. The van der Waals surface area contributed by atoms with Crippen LogP contribution in [-0.2, 0) is 16.0 Å². The summed E-state index contributed by atoms with van der Waals surface area (Å²) >= 11 is 0. The lowest BCUT2D eigenvalue weighted by atomic mass is 10.0. The van der Waals surface area contributed by atoms with Crippen molar-refractivity contribution < 1.29 is 18.8 Å². The maximum Gasteiger partial charge on any atom is 0.255 e. The summed E-state index contributed by atoms with van der Waals surface area (Å²) in [6, 6.07) is 6.25. The molecule has 1 atom stereocenters. The summed E-state index contributed by atoms with van der Waals surface area (Å²) in [6.45, 7) is 1.61. The van der Waals surface area contributed by atoms with E-state index >= 15 is 0 Å². The summed E-state index contributed by atoms with van der Waals surface area (Å²) in [7, 11) is 1.74. The molecule has 1 aliphatic rings. The average Bonchev–Trinajstić information content (AvgIpc) is 3.13. The molecule has 0 saturated carbocycles. The SMILES string of the molecule is C[C@@H](NC(=O)c1ccoc1)C(=O)Nc1ccc2c(c1)CCC(=O)N2C. The third kappa shape index (κ3) is 3.55. The Bertz CT molecular complexity index is 814. The quantitative estimate of drug-likeness (QED) is 0.889. The number of rotatable bonds is 4. The van der Waals surface area contributed by atoms with E-state index in [9.17, 15) is 14.4 Å². The molecule has 7 nitrogen and oxygen atoms in total. The molecule has 2 N–H and O–H groups in total. The molecule has 0 aliphatic carbocycles. The third-order valence-corrected chi connectivity index (χ3v) is 4.21. The van der Waals surface area contributed by atoms with Crippen molar-refractivity contribution >= 4 is 29.1 Å². The first-order valence-corrected chi connectivity index (χ1v) is 7.99. The number of carbonyl (C=O) groups excluding carboxylic acids is 3. The van der Waals surface area contributed by atoms with E-state index in [4.69, 9.17) is 4.42 Å². The van der Waals surface area contributed by atoms with Gasteiger partial charge in [0.25, 0.3) is 5.91 Å². The van der Waals surface area contributed by atoms with Crippen molar-refractivity contribution in [1.29, 1.82) is 0 Å². The van der Waals surface area contributed by atoms with E-state index in [-0.39, 0.29) is 17.7 Å². The Hall–Kier alpha value is -3.09. The fourth-order valence-electron chi connectivity index (χ4n) is 2.72. The summed E-state index contributed by atoms with van der Waals surface area (Å²) < 4.78 is 4.85. The number of benzene rings is 1. The van der Waals surface area contributed by atoms with Crippen LogP contribution in [0.3, 0.4) is 0 Å². The lowest BCUT2D eigenvalue weighted by molar-refractivity contribution is -0.119. The number of aryl methyl sites for hydroxylation is 1. The molecule has 0 fully saturated rings. The van der Waals surface area contributed by atoms with E-state index in [1.165, 1.54) is 18.6 Å². The molecule has 1 aromatic heterocycles. The topological polar surface area (TPSA) is 91.6 Å². The second-order valence-corrected chi connectivity index (χ2v) is 5.99. The van der Waals surface area contributed by atoms with Crippen molar-refractivity contribution in [3.8, 4) is 0 Å². The standard InChI is InChI=1S/C18H19N3O4/c1-11(19-18(24)13-7-8-25-10-13)17(23)20-14-4-5-15-12(9-14)3-6-16(22)21(15)2/h4-5,7-11H,3,6H2,1-2H3,(H,19,24)(H,20,23)/t11-/m1/s1. The molecule has 130 valence electrons. The Morgan fingerprint density at radius 1 is 1.24 bits per heavy atom. The van der Waals surface area contributed by atoms with Gasteiger partial charge in [-0.1, -0.05) is 0 Å². The number of fused-ring (bicyclic) bond motifs is 1. The molecular weight excluding hydrogens is 322 g/mol. The van der Waals surface area contributed by atoms with Crippen molar-refractivity contribution in [3.05, 3.63) is 47.9 Å². The molecule has 1 aromatic carbocycles. The Balaban J connectivity index is 1.65. The van der Waals surface area contributed by atoms with Gasteiger partial charge in [0.15, 0.2) is 0 Å². The zero-order valence-electron chi connectivity index (χ0n) is 14.0. The van der Waals surface area contributed by atoms with E-state index in [1.54, 1.807) is 24.9 Å². The largest absolute Gasteiger partial charge is 0.472 e. The summed E-state index contributed by atoms with van der Waals surface area (Å²) in [5, 5.41) is 5.40. The van der Waals surface area contributed by atoms with Gasteiger partial charge in [0.1, 0.15) is 12.3 Å². The number of furan rings is 1. The van der Waals surface area contributed by atoms with Gasteiger partial charge in [-0.3, -0.25) is 14.4 Å². The van der Waals surface area contributed by atoms with E-state index in [0.29, 0.717) is 24.1 Å². The first-order valence-electron chi connectivity index (χ1n) is 7.99. The van der Waals surface area contributed by atoms with E-state index in [1.807, 2.05) is 12.1 Å². The van der Waals surface area contributed by atoms with Gasteiger partial charge in [0.05, 0.1) is 11.8 Å². The molecule has 1 aliphatic heterocycles. The highest BCUT2D eigenvalue weighted by Gasteiger charge is 2.22. The van der Waals surface area contributed by atoms with Crippen molar-refractivity contribution in [2.45, 2.75) is 25.8 Å². The molecule has 2 heterocycles. The molecule has 3 rings (SSSR count). The number of nitrogens with zero attached hydrogens (tertiary/aromatic N) is 1. The third-order valence-electron chi connectivity index (χ3n) is 4.21. The number of hydrogen-bond donors (Lipinski definition) is 2. The van der Waals surface area contributed by atoms with Gasteiger partial charge < -0.3 is 20.0 Å². The second kappa shape index (κ2) is 6.80. The Morgan fingerprint density at radius 2 is 2.04 bits per heavy atom. The average molecular weight is 341 g/mol. The molecule has 3 amide bonds. The predicted molar refractivity (Wildman–Crippen MR) is 92.4 cm³/mol. The van der Waals surface area contributed by atoms with Crippen LogP contribution < -0.4 is 15.5 Å². The van der Waals surface area contributed by atoms with Crippen molar-refractivity contribution in [3.63, 3.8) is 0 Å². The molecule has 0 bridgehead atoms. The van der Waals surface area contributed by atoms with Gasteiger partial charge in [-0.05, 0) is 43.2 Å². The normalized spacial score (nSPS) is 14.6. The van der Waals surface area contributed by atoms with Gasteiger partial charge in [-0.25, -0.2) is 0 Å². The Labute approximate surface area is 145 Å². The molecule has 0 unspecified atom stereocenters. The van der Waals surface area contributed by atoms with Crippen molar-refractivity contribution in [1.82, 2.24) is 5.32 Å². The number of carbonyl (C=O) groups is 3. The van der Waals surface area contributed by atoms with E-state index < -0.39 is 6.04 Å². The molecule has 0 spiro atoms. The summed E-state index contributed by atoms with van der Waals surface area (Å²) in [5.41, 5.74) is 2.86. The summed E-state index contributed by atoms with van der Waals surface area (Å²) in [4.78, 5) is 37.6. The minimum atomic E-state index is -0.706. The van der Waals surface area contributed by atoms with Crippen LogP contribution in [0, 0.1) is 0 Å². The second-order valence-electron chi connectivity index (χ2n) is 5.99. The molecule has 2 aromatic rings. The van der Waals surface area contributed by atoms with Crippen molar-refractivity contribution in [2.75, 3.05) is 17.3 Å². The number of nitrogens with one attached hydrogen (secondary N) is 2. The van der Waals surface area contributed by atoms with Gasteiger partial charge in [-0.15, -0.1) is 0 Å². The number of hydrogen-bond acceptors (Lipinski definition) is 4. The maximum absolute atomic E-state index is 12.3. The van der Waals surface area contributed by atoms with Gasteiger partial charge in [0, 0.05) is 24.8 Å². The lowest BCUT2D eigenvalue weighted by Gasteiger charge is -2.26. The van der Waals surface area contributed by atoms with Gasteiger partial charge >= 0.3 is 0 Å². The van der Waals surface area contributed by atoms with Crippen LogP contribution in [0.2, 0.25) is 0 Å². The highest BCUT2D eigenvalue weighted by Crippen LogP contribution is 2.29. The molecule has 0 radical (unpaired) electrons. The van der Waals surface area contributed by atoms with Crippen LogP contribution in [0.15, 0.2) is 41.2 Å². The zero-order valence-corrected chi connectivity index (χ0v) is 14.0. The van der Waals surface area contributed by atoms with Crippen LogP contribution in [0.5, 0.6) is 0 Å². The van der Waals surface area contributed by atoms with Crippen LogP contribution in [-0.4, -0.2) is 30.8 Å². The molecule has 0 saturated heterocycles. The molecular formula is C18H19N3O4. The Morgan fingerprint density at radius 3 is 2.76 bits per heavy atom. The number of amides is 3. The minimum Gasteiger partial charge on any atom is -0.472 e. The monoisotopic (exact) mass is 341 g/mol.